The molecule has 0 aliphatic heterocycles. The van der Waals surface area contributed by atoms with Gasteiger partial charge < -0.3 is 4.90 Å². The van der Waals surface area contributed by atoms with Gasteiger partial charge in [-0.15, -0.1) is 0 Å². The predicted molar refractivity (Wildman–Crippen MR) is 79.0 cm³/mol. The van der Waals surface area contributed by atoms with Crippen LogP contribution in [0, 0.1) is 5.82 Å². The molecule has 1 aromatic carbocycles. The van der Waals surface area contributed by atoms with Crippen LogP contribution >= 0.6 is 11.6 Å². The van der Waals surface area contributed by atoms with Gasteiger partial charge in [-0.25, -0.2) is 17.5 Å². The molecule has 0 radical (unpaired) electrons. The van der Waals surface area contributed by atoms with Crippen molar-refractivity contribution in [1.82, 2.24) is 9.62 Å². The average Bonchev–Trinajstić information content (AvgIpc) is 2.42. The molecule has 0 heterocycles. The fourth-order valence-corrected chi connectivity index (χ4v) is 3.12. The Morgan fingerprint density at radius 2 is 1.95 bits per heavy atom. The largest absolute Gasteiger partial charge is 0.304 e. The van der Waals surface area contributed by atoms with Crippen LogP contribution in [0.3, 0.4) is 0 Å². The smallest absolute Gasteiger partial charge is 0.240 e. The zero-order valence-electron chi connectivity index (χ0n) is 11.7. The molecule has 7 heteroatoms. The number of hydrogen-bond donors (Lipinski definition) is 1. The normalized spacial score (nSPS) is 12.1. The van der Waals surface area contributed by atoms with Gasteiger partial charge in [0.05, 0.1) is 9.92 Å². The number of nitrogens with one attached hydrogen (secondary N) is 1. The first kappa shape index (κ1) is 17.4. The van der Waals surface area contributed by atoms with E-state index >= 15 is 0 Å². The number of hydrogen-bond acceptors (Lipinski definition) is 3. The lowest BCUT2D eigenvalue weighted by molar-refractivity contribution is 0.300. The van der Waals surface area contributed by atoms with Crippen molar-refractivity contribution in [2.24, 2.45) is 0 Å². The standard InChI is InChI=1S/C13H20ClFN2O2S/c1-3-17(4-2)9-5-8-16-20(18,19)11-6-7-13(15)12(14)10-11/h6-7,10,16H,3-5,8-9H2,1-2H3. The number of sulfonamides is 1. The van der Waals surface area contributed by atoms with Crippen LogP contribution in [0.15, 0.2) is 23.1 Å². The van der Waals surface area contributed by atoms with Gasteiger partial charge in [-0.3, -0.25) is 0 Å². The lowest BCUT2D eigenvalue weighted by atomic mass is 10.3. The third kappa shape index (κ3) is 5.01. The van der Waals surface area contributed by atoms with E-state index in [2.05, 4.69) is 23.5 Å². The summed E-state index contributed by atoms with van der Waals surface area (Å²) in [7, 11) is -3.63. The maximum atomic E-state index is 13.0. The molecule has 1 rings (SSSR count). The van der Waals surface area contributed by atoms with E-state index in [9.17, 15) is 12.8 Å². The Labute approximate surface area is 125 Å². The average molecular weight is 323 g/mol. The van der Waals surface area contributed by atoms with E-state index in [4.69, 9.17) is 11.6 Å². The molecule has 0 aliphatic rings. The Hall–Kier alpha value is -0.690. The van der Waals surface area contributed by atoms with Crippen LogP contribution in [0.2, 0.25) is 5.02 Å². The van der Waals surface area contributed by atoms with Crippen molar-refractivity contribution >= 4 is 21.6 Å². The summed E-state index contributed by atoms with van der Waals surface area (Å²) < 4.78 is 39.4. The van der Waals surface area contributed by atoms with Gasteiger partial charge >= 0.3 is 0 Å². The molecule has 20 heavy (non-hydrogen) atoms. The second kappa shape index (κ2) is 7.93. The maximum absolute atomic E-state index is 13.0. The number of rotatable bonds is 8. The Balaban J connectivity index is 2.55. The van der Waals surface area contributed by atoms with Crippen LogP contribution in [0.5, 0.6) is 0 Å². The van der Waals surface area contributed by atoms with E-state index in [-0.39, 0.29) is 9.92 Å². The molecule has 114 valence electrons. The molecule has 4 nitrogen and oxygen atoms in total. The van der Waals surface area contributed by atoms with E-state index in [0.717, 1.165) is 38.2 Å². The highest BCUT2D eigenvalue weighted by atomic mass is 35.5. The van der Waals surface area contributed by atoms with Crippen LogP contribution in [0.25, 0.3) is 0 Å². The molecular formula is C13H20ClFN2O2S. The van der Waals surface area contributed by atoms with Crippen molar-refractivity contribution in [3.8, 4) is 0 Å². The zero-order chi connectivity index (χ0) is 15.2. The molecule has 0 amide bonds. The Morgan fingerprint density at radius 1 is 1.30 bits per heavy atom. The first-order valence-corrected chi connectivity index (χ1v) is 8.44. The maximum Gasteiger partial charge on any atom is 0.240 e. The van der Waals surface area contributed by atoms with E-state index in [1.165, 1.54) is 6.07 Å². The summed E-state index contributed by atoms with van der Waals surface area (Å²) in [6.07, 6.45) is 0.718. The summed E-state index contributed by atoms with van der Waals surface area (Å²) in [5.41, 5.74) is 0. The second-order valence-corrected chi connectivity index (χ2v) is 6.53. The van der Waals surface area contributed by atoms with Crippen molar-refractivity contribution in [3.63, 3.8) is 0 Å². The van der Waals surface area contributed by atoms with Crippen LogP contribution in [0.4, 0.5) is 4.39 Å². The van der Waals surface area contributed by atoms with E-state index in [1.54, 1.807) is 0 Å². The number of benzene rings is 1. The first-order valence-electron chi connectivity index (χ1n) is 6.57. The molecule has 0 aliphatic carbocycles. The summed E-state index contributed by atoms with van der Waals surface area (Å²) in [6, 6.07) is 3.37. The van der Waals surface area contributed by atoms with Crippen molar-refractivity contribution in [1.29, 1.82) is 0 Å². The van der Waals surface area contributed by atoms with E-state index in [1.807, 2.05) is 0 Å². The highest BCUT2D eigenvalue weighted by Gasteiger charge is 2.15. The number of nitrogens with zero attached hydrogens (tertiary/aromatic N) is 1. The van der Waals surface area contributed by atoms with Gasteiger partial charge in [0.15, 0.2) is 0 Å². The Morgan fingerprint density at radius 3 is 2.50 bits per heavy atom. The Bertz CT molecular complexity index is 533. The van der Waals surface area contributed by atoms with E-state index < -0.39 is 15.8 Å². The zero-order valence-corrected chi connectivity index (χ0v) is 13.3. The third-order valence-electron chi connectivity index (χ3n) is 3.04. The summed E-state index contributed by atoms with van der Waals surface area (Å²) >= 11 is 5.59. The quantitative estimate of drug-likeness (QED) is 0.748. The van der Waals surface area contributed by atoms with Gasteiger partial charge in [0.2, 0.25) is 10.0 Å². The molecule has 0 saturated carbocycles. The van der Waals surface area contributed by atoms with Gasteiger partial charge in [-0.05, 0) is 44.3 Å². The van der Waals surface area contributed by atoms with Gasteiger partial charge in [-0.2, -0.15) is 0 Å². The lowest BCUT2D eigenvalue weighted by Crippen LogP contribution is -2.30. The third-order valence-corrected chi connectivity index (χ3v) is 4.79. The molecule has 0 aromatic heterocycles. The lowest BCUT2D eigenvalue weighted by Gasteiger charge is -2.17. The summed E-state index contributed by atoms with van der Waals surface area (Å²) in [6.45, 7) is 7.18. The van der Waals surface area contributed by atoms with Gasteiger partial charge in [0.25, 0.3) is 0 Å². The van der Waals surface area contributed by atoms with Gasteiger partial charge in [0, 0.05) is 6.54 Å². The highest BCUT2D eigenvalue weighted by Crippen LogP contribution is 2.19. The van der Waals surface area contributed by atoms with Crippen molar-refractivity contribution < 1.29 is 12.8 Å². The molecule has 0 bridgehead atoms. The molecule has 1 N–H and O–H groups in total. The van der Waals surface area contributed by atoms with Crippen molar-refractivity contribution in [2.75, 3.05) is 26.2 Å². The van der Waals surface area contributed by atoms with Crippen LogP contribution in [0.1, 0.15) is 20.3 Å². The molecular weight excluding hydrogens is 303 g/mol. The van der Waals surface area contributed by atoms with Gasteiger partial charge in [-0.1, -0.05) is 25.4 Å². The SMILES string of the molecule is CCN(CC)CCCNS(=O)(=O)c1ccc(F)c(Cl)c1. The summed E-state index contributed by atoms with van der Waals surface area (Å²) in [4.78, 5) is 2.19. The molecule has 0 spiro atoms. The second-order valence-electron chi connectivity index (χ2n) is 4.35. The molecule has 0 atom stereocenters. The molecule has 0 fully saturated rings. The van der Waals surface area contributed by atoms with Crippen LogP contribution < -0.4 is 4.72 Å². The van der Waals surface area contributed by atoms with Crippen molar-refractivity contribution in [3.05, 3.63) is 29.0 Å². The minimum absolute atomic E-state index is 0.0215. The molecule has 0 saturated heterocycles. The fourth-order valence-electron chi connectivity index (χ4n) is 1.78. The molecule has 1 aromatic rings. The van der Waals surface area contributed by atoms with Crippen molar-refractivity contribution in [2.45, 2.75) is 25.2 Å². The predicted octanol–water partition coefficient (Wildman–Crippen LogP) is 2.49. The fraction of sp³-hybridized carbons (Fsp3) is 0.538. The number of halogens is 2. The summed E-state index contributed by atoms with van der Waals surface area (Å²) in [5.74, 6) is -0.632. The summed E-state index contributed by atoms with van der Waals surface area (Å²) in [5, 5.41) is -0.198. The van der Waals surface area contributed by atoms with E-state index in [0.29, 0.717) is 6.54 Å². The highest BCUT2D eigenvalue weighted by molar-refractivity contribution is 7.89. The topological polar surface area (TPSA) is 49.4 Å². The van der Waals surface area contributed by atoms with Crippen LogP contribution in [-0.2, 0) is 10.0 Å². The Kier molecular flexibility index (Phi) is 6.88. The minimum Gasteiger partial charge on any atom is -0.304 e. The van der Waals surface area contributed by atoms with Crippen LogP contribution in [-0.4, -0.2) is 39.5 Å². The van der Waals surface area contributed by atoms with Gasteiger partial charge in [0.1, 0.15) is 5.82 Å². The monoisotopic (exact) mass is 322 g/mol. The molecule has 0 unspecified atom stereocenters. The first-order chi connectivity index (χ1) is 9.40. The minimum atomic E-state index is -3.63.